The molecule has 0 bridgehead atoms. The van der Waals surface area contributed by atoms with Crippen LogP contribution in [0.15, 0.2) is 297 Å². The average molecular weight is 1820 g/mol. The molecule has 0 aliphatic heterocycles. The summed E-state index contributed by atoms with van der Waals surface area (Å²) in [6.45, 7) is 5.83. The number of fused-ring (bicyclic) bond motifs is 5. The number of benzene rings is 10. The number of aromatic amines is 5. The summed E-state index contributed by atoms with van der Waals surface area (Å²) < 4.78 is 63.7. The van der Waals surface area contributed by atoms with Crippen molar-refractivity contribution in [2.45, 2.75) is 46.6 Å². The largest absolute Gasteiger partial charge is 0.497 e. The van der Waals surface area contributed by atoms with Crippen molar-refractivity contribution < 1.29 is 22.3 Å². The molecule has 20 rings (SSSR count). The Bertz CT molecular complexity index is 7600. The van der Waals surface area contributed by atoms with Crippen LogP contribution in [-0.2, 0) is 32.7 Å². The second kappa shape index (κ2) is 39.9. The van der Waals surface area contributed by atoms with E-state index in [-0.39, 0.29) is 74.9 Å². The predicted octanol–water partition coefficient (Wildman–Crippen LogP) is 16.6. The highest BCUT2D eigenvalue weighted by molar-refractivity contribution is 6.33. The van der Waals surface area contributed by atoms with E-state index in [0.717, 1.165) is 50.8 Å². The van der Waals surface area contributed by atoms with Gasteiger partial charge in [-0.05, 0) is 189 Å². The number of halogens is 7. The molecule has 0 saturated heterocycles. The lowest BCUT2D eigenvalue weighted by atomic mass is 10.1. The lowest BCUT2D eigenvalue weighted by molar-refractivity contribution is 0.415. The molecule has 0 radical (unpaired) electrons. The van der Waals surface area contributed by atoms with Crippen LogP contribution < -0.4 is 59.1 Å². The lowest BCUT2D eigenvalue weighted by Gasteiger charge is -2.07. The van der Waals surface area contributed by atoms with Gasteiger partial charge in [-0.1, -0.05) is 107 Å². The Kier molecular flexibility index (Phi) is 26.7. The zero-order chi connectivity index (χ0) is 91.2. The first-order chi connectivity index (χ1) is 63.5. The topological polar surface area (TPSA) is 385 Å². The van der Waals surface area contributed by atoms with Crippen molar-refractivity contribution in [3.05, 3.63) is 403 Å². The maximum absolute atomic E-state index is 13.1. The van der Waals surface area contributed by atoms with Gasteiger partial charge < -0.3 is 31.3 Å². The molecule has 0 amide bonds. The minimum atomic E-state index is -0.352. The van der Waals surface area contributed by atoms with E-state index < -0.39 is 0 Å². The monoisotopic (exact) mass is 1820 g/mol. The Hall–Kier alpha value is -16.7. The number of nitrogens with one attached hydrogen (secondary N) is 10. The third-order valence-electron chi connectivity index (χ3n) is 19.8. The molecule has 0 saturated carbocycles. The molecular weight excluding hydrogens is 1750 g/mol. The van der Waals surface area contributed by atoms with Crippen LogP contribution in [0.25, 0.3) is 85.8 Å². The van der Waals surface area contributed by atoms with E-state index in [1.807, 2.05) is 129 Å². The van der Waals surface area contributed by atoms with Crippen LogP contribution in [0, 0.1) is 37.1 Å². The number of H-pyrrole nitrogens is 5. The molecule has 0 aliphatic rings. The molecule has 31 nitrogen and oxygen atoms in total. The molecule has 10 N–H and O–H groups in total. The lowest BCUT2D eigenvalue weighted by Crippen LogP contribution is -2.17. The summed E-state index contributed by atoms with van der Waals surface area (Å²) in [6.07, 6.45) is 0. The van der Waals surface area contributed by atoms with E-state index in [0.29, 0.717) is 133 Å². The molecule has 38 heteroatoms. The molecule has 20 aromatic rings. The van der Waals surface area contributed by atoms with Gasteiger partial charge in [0.25, 0.3) is 56.7 Å². The average Bonchev–Trinajstić information content (AvgIpc) is 1.66. The fraction of sp³-hybridized carbons (Fsp3) is 0.0860. The van der Waals surface area contributed by atoms with E-state index in [1.165, 1.54) is 101 Å². The Balaban J connectivity index is 0.000000120. The SMILES string of the molecule is COc1cccc(NCc2cc(=O)n3[nH]c(-c4ccc(F)cc4)nc3n2)c1.Cc1ccc(-c2nc3nc(CNc4ccccc4Cl)cc(=O)n3[nH]2)cc1.Cc1ccccc1-c1nc2nc(CNc3ccc(Cl)cc3)cc(=O)n2[nH]1.O=c1cc(CNc2ccc(Cl)cc2)nc2nc(-c3ccc(F)cc3)[nH]n12.O=c1cc(CNc2ccc(F)cc2)nc2nc(-c3ccc(F)cc3)[nH]n12. The van der Waals surface area contributed by atoms with Gasteiger partial charge in [-0.25, -0.2) is 42.5 Å². The van der Waals surface area contributed by atoms with Crippen molar-refractivity contribution in [3.63, 3.8) is 0 Å². The Morgan fingerprint density at radius 3 is 0.954 bits per heavy atom. The fourth-order valence-corrected chi connectivity index (χ4v) is 13.6. The highest BCUT2D eigenvalue weighted by Crippen LogP contribution is 2.27. The van der Waals surface area contributed by atoms with Crippen molar-refractivity contribution >= 4 is 92.1 Å². The van der Waals surface area contributed by atoms with Crippen LogP contribution >= 0.6 is 34.8 Å². The van der Waals surface area contributed by atoms with Gasteiger partial charge in [0.05, 0.1) is 79.0 Å². The number of nitrogens with zero attached hydrogens (tertiary/aromatic N) is 15. The molecule has 0 spiro atoms. The normalized spacial score (nSPS) is 11.0. The molecule has 10 aromatic carbocycles. The number of methoxy groups -OCH3 is 1. The van der Waals surface area contributed by atoms with E-state index >= 15 is 0 Å². The molecule has 0 fully saturated rings. The highest BCUT2D eigenvalue weighted by atomic mass is 35.5. The van der Waals surface area contributed by atoms with Crippen LogP contribution in [0.5, 0.6) is 5.75 Å². The number of aromatic nitrogens is 20. The van der Waals surface area contributed by atoms with E-state index in [9.17, 15) is 41.5 Å². The molecule has 10 aromatic heterocycles. The number of aryl methyl sites for hydroxylation is 2. The van der Waals surface area contributed by atoms with Crippen LogP contribution in [-0.4, -0.2) is 105 Å². The minimum absolute atomic E-state index is 0.199. The standard InChI is InChI=1S/2C19H16ClN5O.C19H16FN5O2.C18H13ClFN5O.C18H13F2N5O/c1-12-6-8-13(9-7-12)18-23-19-22-14(10-17(26)25(19)24-18)11-21-16-5-3-2-4-15(16)20;1-12-4-2-3-5-16(12)18-23-19-22-15(10-17(26)25(19)24-18)11-21-14-8-6-13(20)7-9-14;1-27-16-4-2-3-14(9-16)21-11-15-10-17(26)25-19(22-15)23-18(24-25)12-5-7-13(20)8-6-12;19-12-3-7-14(8-4-12)21-10-15-9-16(26)25-18(22-15)23-17(24-25)11-1-5-13(20)6-2-11;19-12-3-1-11(2-4-12)17-23-18-22-15(9-16(26)25(18)24-17)10-21-14-7-5-13(20)6-8-14/h2*2-10,21H,11H2,1H3,(H,22,23,24);2-10,21H,11H2,1H3,(H,22,23,24);2*1-9,21H,10H2,(H,22,23,24). The zero-order valence-electron chi connectivity index (χ0n) is 69.3. The van der Waals surface area contributed by atoms with Crippen molar-refractivity contribution in [1.82, 2.24) is 97.9 Å². The Morgan fingerprint density at radius 1 is 0.305 bits per heavy atom. The van der Waals surface area contributed by atoms with Gasteiger partial charge in [0, 0.05) is 97.0 Å². The maximum Gasteiger partial charge on any atom is 0.274 e. The first kappa shape index (κ1) is 87.8. The number of hydrogen-bond donors (Lipinski definition) is 10. The second-order valence-corrected chi connectivity index (χ2v) is 30.4. The minimum Gasteiger partial charge on any atom is -0.497 e. The summed E-state index contributed by atoms with van der Waals surface area (Å²) in [5, 5.41) is 32.4. The summed E-state index contributed by atoms with van der Waals surface area (Å²) in [4.78, 5) is 106. The van der Waals surface area contributed by atoms with Gasteiger partial charge in [0.1, 0.15) is 29.0 Å². The van der Waals surface area contributed by atoms with E-state index in [4.69, 9.17) is 39.5 Å². The molecular formula is C93H74Cl3F4N25O6. The molecule has 0 aliphatic carbocycles. The Labute approximate surface area is 753 Å². The summed E-state index contributed by atoms with van der Waals surface area (Å²) >= 11 is 17.9. The molecule has 0 atom stereocenters. The predicted molar refractivity (Wildman–Crippen MR) is 495 cm³/mol. The van der Waals surface area contributed by atoms with Gasteiger partial charge in [0.2, 0.25) is 0 Å². The summed E-state index contributed by atoms with van der Waals surface area (Å²) in [7, 11) is 1.60. The second-order valence-electron chi connectivity index (χ2n) is 29.2. The maximum atomic E-state index is 13.1. The smallest absolute Gasteiger partial charge is 0.274 e. The van der Waals surface area contributed by atoms with Gasteiger partial charge in [-0.3, -0.25) is 49.5 Å². The van der Waals surface area contributed by atoms with Crippen molar-refractivity contribution in [1.29, 1.82) is 0 Å². The van der Waals surface area contributed by atoms with Crippen molar-refractivity contribution in [2.75, 3.05) is 33.7 Å². The molecule has 131 heavy (non-hydrogen) atoms. The summed E-state index contributed by atoms with van der Waals surface area (Å²) in [5.74, 6) is 3.32. The van der Waals surface area contributed by atoms with Gasteiger partial charge in [-0.2, -0.15) is 47.5 Å². The molecule has 0 unspecified atom stereocenters. The van der Waals surface area contributed by atoms with Crippen molar-refractivity contribution in [3.8, 4) is 62.7 Å². The third kappa shape index (κ3) is 22.1. The van der Waals surface area contributed by atoms with E-state index in [2.05, 4.69) is 102 Å². The fourth-order valence-electron chi connectivity index (χ4n) is 13.1. The number of anilines is 5. The number of rotatable bonds is 21. The first-order valence-electron chi connectivity index (χ1n) is 40.2. The van der Waals surface area contributed by atoms with Gasteiger partial charge in [0.15, 0.2) is 29.1 Å². The van der Waals surface area contributed by atoms with Crippen molar-refractivity contribution in [2.24, 2.45) is 0 Å². The number of ether oxygens (including phenoxy) is 1. The van der Waals surface area contributed by atoms with Crippen LogP contribution in [0.2, 0.25) is 15.1 Å². The zero-order valence-corrected chi connectivity index (χ0v) is 71.6. The number of para-hydroxylation sites is 1. The number of hydrogen-bond acceptors (Lipinski definition) is 21. The summed E-state index contributed by atoms with van der Waals surface area (Å²) in [5.41, 5.74) is 11.7. The first-order valence-corrected chi connectivity index (χ1v) is 41.3. The van der Waals surface area contributed by atoms with Crippen LogP contribution in [0.3, 0.4) is 0 Å². The van der Waals surface area contributed by atoms with Gasteiger partial charge in [-0.15, -0.1) is 0 Å². The third-order valence-corrected chi connectivity index (χ3v) is 20.7. The summed E-state index contributed by atoms with van der Waals surface area (Å²) in [6, 6.07) is 75.8. The van der Waals surface area contributed by atoms with Crippen LogP contribution in [0.1, 0.15) is 39.6 Å². The molecule has 656 valence electrons. The van der Waals surface area contributed by atoms with Gasteiger partial charge >= 0.3 is 0 Å². The molecule has 10 heterocycles. The Morgan fingerprint density at radius 2 is 0.603 bits per heavy atom. The van der Waals surface area contributed by atoms with E-state index in [1.54, 1.807) is 86.0 Å². The quantitative estimate of drug-likeness (QED) is 0.0299. The highest BCUT2D eigenvalue weighted by Gasteiger charge is 2.18. The van der Waals surface area contributed by atoms with Crippen LogP contribution in [0.4, 0.5) is 46.0 Å².